The molecule has 0 saturated carbocycles. The highest BCUT2D eigenvalue weighted by molar-refractivity contribution is 6.04. The van der Waals surface area contributed by atoms with Gasteiger partial charge in [-0.05, 0) is 73.2 Å². The zero-order valence-corrected chi connectivity index (χ0v) is 19.3. The van der Waals surface area contributed by atoms with Gasteiger partial charge >= 0.3 is 0 Å². The molecule has 5 aromatic rings. The minimum Gasteiger partial charge on any atom is -0.457 e. The lowest BCUT2D eigenvalue weighted by Crippen LogP contribution is -2.11. The maximum absolute atomic E-state index is 12.4. The van der Waals surface area contributed by atoms with E-state index in [-0.39, 0.29) is 5.91 Å². The van der Waals surface area contributed by atoms with Crippen molar-refractivity contribution < 1.29 is 13.9 Å². The summed E-state index contributed by atoms with van der Waals surface area (Å²) in [5, 5.41) is 2.91. The molecule has 0 unspecified atom stereocenters. The SMILES string of the molecule is Cc1oc(-c2ccc(NC(=O)c3ccccc3)cc2)nc1Cc1ccc(Oc2ccccc2)cc1. The highest BCUT2D eigenvalue weighted by atomic mass is 16.5. The van der Waals surface area contributed by atoms with E-state index in [4.69, 9.17) is 14.1 Å². The zero-order valence-electron chi connectivity index (χ0n) is 19.3. The van der Waals surface area contributed by atoms with Crippen molar-refractivity contribution in [2.75, 3.05) is 5.32 Å². The van der Waals surface area contributed by atoms with Gasteiger partial charge in [0.05, 0.1) is 5.69 Å². The second kappa shape index (κ2) is 10.1. The molecule has 0 aliphatic carbocycles. The maximum Gasteiger partial charge on any atom is 0.255 e. The van der Waals surface area contributed by atoms with Crippen LogP contribution in [0.4, 0.5) is 5.69 Å². The first kappa shape index (κ1) is 22.2. The Morgan fingerprint density at radius 1 is 0.800 bits per heavy atom. The van der Waals surface area contributed by atoms with E-state index in [9.17, 15) is 4.79 Å². The van der Waals surface area contributed by atoms with Gasteiger partial charge in [-0.2, -0.15) is 0 Å². The number of hydrogen-bond donors (Lipinski definition) is 1. The normalized spacial score (nSPS) is 10.7. The van der Waals surface area contributed by atoms with Crippen LogP contribution in [0.25, 0.3) is 11.5 Å². The molecule has 1 amide bonds. The van der Waals surface area contributed by atoms with Crippen LogP contribution in [0.2, 0.25) is 0 Å². The molecular formula is C30H24N2O3. The number of rotatable bonds is 7. The van der Waals surface area contributed by atoms with Crippen molar-refractivity contribution in [2.45, 2.75) is 13.3 Å². The molecule has 4 aromatic carbocycles. The van der Waals surface area contributed by atoms with Crippen molar-refractivity contribution in [3.05, 3.63) is 132 Å². The van der Waals surface area contributed by atoms with Crippen molar-refractivity contribution >= 4 is 11.6 Å². The third kappa shape index (κ3) is 5.47. The highest BCUT2D eigenvalue weighted by Crippen LogP contribution is 2.26. The van der Waals surface area contributed by atoms with Gasteiger partial charge in [0.2, 0.25) is 5.89 Å². The molecule has 0 spiro atoms. The summed E-state index contributed by atoms with van der Waals surface area (Å²) in [6.45, 7) is 1.92. The van der Waals surface area contributed by atoms with Gasteiger partial charge < -0.3 is 14.5 Å². The van der Waals surface area contributed by atoms with Crippen molar-refractivity contribution in [2.24, 2.45) is 0 Å². The number of ether oxygens (including phenoxy) is 1. The molecule has 1 N–H and O–H groups in total. The van der Waals surface area contributed by atoms with E-state index in [1.807, 2.05) is 104 Å². The van der Waals surface area contributed by atoms with Crippen LogP contribution in [0.5, 0.6) is 11.5 Å². The Morgan fingerprint density at radius 3 is 2.11 bits per heavy atom. The number of amides is 1. The van der Waals surface area contributed by atoms with Crippen molar-refractivity contribution in [3.63, 3.8) is 0 Å². The topological polar surface area (TPSA) is 64.4 Å². The molecule has 0 fully saturated rings. The van der Waals surface area contributed by atoms with Crippen molar-refractivity contribution in [1.82, 2.24) is 4.98 Å². The fourth-order valence-electron chi connectivity index (χ4n) is 3.70. The summed E-state index contributed by atoms with van der Waals surface area (Å²) >= 11 is 0. The Morgan fingerprint density at radius 2 is 1.43 bits per heavy atom. The number of aryl methyl sites for hydroxylation is 1. The van der Waals surface area contributed by atoms with Crippen LogP contribution in [0.3, 0.4) is 0 Å². The van der Waals surface area contributed by atoms with Crippen LogP contribution in [-0.2, 0) is 6.42 Å². The molecule has 0 aliphatic rings. The van der Waals surface area contributed by atoms with Gasteiger partial charge in [0.15, 0.2) is 0 Å². The lowest BCUT2D eigenvalue weighted by molar-refractivity contribution is 0.102. The third-order valence-corrected chi connectivity index (χ3v) is 5.59. The van der Waals surface area contributed by atoms with E-state index in [1.165, 1.54) is 0 Å². The molecule has 0 radical (unpaired) electrons. The molecule has 0 atom stereocenters. The van der Waals surface area contributed by atoms with Gasteiger partial charge in [0.25, 0.3) is 5.91 Å². The van der Waals surface area contributed by atoms with Crippen LogP contribution in [0, 0.1) is 6.92 Å². The van der Waals surface area contributed by atoms with Crippen LogP contribution in [-0.4, -0.2) is 10.9 Å². The monoisotopic (exact) mass is 460 g/mol. The fourth-order valence-corrected chi connectivity index (χ4v) is 3.70. The molecule has 1 aromatic heterocycles. The Bertz CT molecular complexity index is 1410. The van der Waals surface area contributed by atoms with E-state index in [2.05, 4.69) is 5.32 Å². The van der Waals surface area contributed by atoms with E-state index in [0.717, 1.165) is 34.1 Å². The largest absolute Gasteiger partial charge is 0.457 e. The number of benzene rings is 4. The van der Waals surface area contributed by atoms with Gasteiger partial charge in [-0.1, -0.05) is 48.5 Å². The summed E-state index contributed by atoms with van der Waals surface area (Å²) < 4.78 is 11.8. The number of hydrogen-bond acceptors (Lipinski definition) is 4. The Balaban J connectivity index is 1.24. The number of nitrogens with zero attached hydrogens (tertiary/aromatic N) is 1. The number of anilines is 1. The summed E-state index contributed by atoms with van der Waals surface area (Å²) in [6, 6.07) is 34.3. The van der Waals surface area contributed by atoms with Crippen LogP contribution in [0.15, 0.2) is 114 Å². The van der Waals surface area contributed by atoms with Gasteiger partial charge in [0.1, 0.15) is 17.3 Å². The van der Waals surface area contributed by atoms with E-state index in [0.29, 0.717) is 23.6 Å². The molecule has 5 heteroatoms. The molecule has 0 saturated heterocycles. The second-order valence-corrected chi connectivity index (χ2v) is 8.16. The van der Waals surface area contributed by atoms with Crippen molar-refractivity contribution in [1.29, 1.82) is 0 Å². The third-order valence-electron chi connectivity index (χ3n) is 5.59. The van der Waals surface area contributed by atoms with E-state index in [1.54, 1.807) is 12.1 Å². The molecule has 5 nitrogen and oxygen atoms in total. The Labute approximate surface area is 204 Å². The molecule has 5 rings (SSSR count). The lowest BCUT2D eigenvalue weighted by Gasteiger charge is -2.06. The summed E-state index contributed by atoms with van der Waals surface area (Å²) in [6.07, 6.45) is 0.659. The Hall–Kier alpha value is -4.64. The molecule has 172 valence electrons. The summed E-state index contributed by atoms with van der Waals surface area (Å²) in [4.78, 5) is 17.1. The average molecular weight is 461 g/mol. The van der Waals surface area contributed by atoms with E-state index < -0.39 is 0 Å². The minimum absolute atomic E-state index is 0.146. The summed E-state index contributed by atoms with van der Waals surface area (Å²) in [5.41, 5.74) is 4.18. The van der Waals surface area contributed by atoms with Crippen LogP contribution in [0.1, 0.15) is 27.4 Å². The zero-order chi connectivity index (χ0) is 24.0. The van der Waals surface area contributed by atoms with Gasteiger partial charge in [-0.25, -0.2) is 4.98 Å². The standard InChI is InChI=1S/C30H24N2O3/c1-21-28(20-22-12-18-27(19-13-22)35-26-10-6-3-7-11-26)32-30(34-21)24-14-16-25(17-15-24)31-29(33)23-8-4-2-5-9-23/h2-19H,20H2,1H3,(H,31,33). The number of carbonyl (C=O) groups excluding carboxylic acids is 1. The number of oxazole rings is 1. The number of carbonyl (C=O) groups is 1. The quantitative estimate of drug-likeness (QED) is 0.277. The fraction of sp³-hybridized carbons (Fsp3) is 0.0667. The predicted octanol–water partition coefficient (Wildman–Crippen LogP) is 7.29. The Kier molecular flexibility index (Phi) is 6.39. The van der Waals surface area contributed by atoms with Gasteiger partial charge in [-0.3, -0.25) is 4.79 Å². The number of para-hydroxylation sites is 1. The highest BCUT2D eigenvalue weighted by Gasteiger charge is 2.13. The molecule has 0 bridgehead atoms. The molecule has 35 heavy (non-hydrogen) atoms. The molecule has 0 aliphatic heterocycles. The van der Waals surface area contributed by atoms with Gasteiger partial charge in [0, 0.05) is 23.2 Å². The van der Waals surface area contributed by atoms with Gasteiger partial charge in [-0.15, -0.1) is 0 Å². The maximum atomic E-state index is 12.4. The molecular weight excluding hydrogens is 436 g/mol. The summed E-state index contributed by atoms with van der Waals surface area (Å²) in [5.74, 6) is 2.79. The minimum atomic E-state index is -0.146. The predicted molar refractivity (Wildman–Crippen MR) is 137 cm³/mol. The van der Waals surface area contributed by atoms with Crippen LogP contribution < -0.4 is 10.1 Å². The van der Waals surface area contributed by atoms with E-state index >= 15 is 0 Å². The first-order valence-corrected chi connectivity index (χ1v) is 11.4. The smallest absolute Gasteiger partial charge is 0.255 e. The number of aromatic nitrogens is 1. The first-order chi connectivity index (χ1) is 17.1. The second-order valence-electron chi connectivity index (χ2n) is 8.16. The first-order valence-electron chi connectivity index (χ1n) is 11.4. The average Bonchev–Trinajstić information content (AvgIpc) is 3.26. The van der Waals surface area contributed by atoms with Crippen molar-refractivity contribution in [3.8, 4) is 23.0 Å². The molecule has 1 heterocycles. The number of nitrogens with one attached hydrogen (secondary N) is 1. The lowest BCUT2D eigenvalue weighted by atomic mass is 10.1. The van der Waals surface area contributed by atoms with Crippen LogP contribution >= 0.6 is 0 Å². The summed E-state index contributed by atoms with van der Waals surface area (Å²) in [7, 11) is 0.